The van der Waals surface area contributed by atoms with Gasteiger partial charge in [0, 0.05) is 17.1 Å². The Morgan fingerprint density at radius 1 is 1.22 bits per heavy atom. The van der Waals surface area contributed by atoms with Crippen molar-refractivity contribution < 1.29 is 9.53 Å². The molecule has 1 saturated carbocycles. The fourth-order valence-corrected chi connectivity index (χ4v) is 3.26. The van der Waals surface area contributed by atoms with Crippen LogP contribution in [0, 0.1) is 6.92 Å². The summed E-state index contributed by atoms with van der Waals surface area (Å²) in [5, 5.41) is 3.46. The van der Waals surface area contributed by atoms with E-state index in [0.29, 0.717) is 34.5 Å². The molecule has 1 aliphatic rings. The maximum atomic E-state index is 13.4. The first-order valence-electron chi connectivity index (χ1n) is 10.9. The fourth-order valence-electron chi connectivity index (χ4n) is 3.26. The molecule has 1 aromatic heterocycles. The van der Waals surface area contributed by atoms with Gasteiger partial charge in [0.25, 0.3) is 11.5 Å². The molecule has 1 amide bonds. The first-order chi connectivity index (χ1) is 15.2. The molecule has 2 aromatic carbocycles. The van der Waals surface area contributed by atoms with Crippen molar-refractivity contribution in [2.24, 2.45) is 0 Å². The van der Waals surface area contributed by atoms with E-state index in [2.05, 4.69) is 29.0 Å². The molecule has 1 N–H and O–H groups in total. The average molecular weight is 435 g/mol. The summed E-state index contributed by atoms with van der Waals surface area (Å²) in [6.07, 6.45) is 3.56. The van der Waals surface area contributed by atoms with Crippen LogP contribution >= 0.6 is 0 Å². The highest BCUT2D eigenvalue weighted by molar-refractivity contribution is 5.95. The summed E-state index contributed by atoms with van der Waals surface area (Å²) >= 11 is 0. The lowest BCUT2D eigenvalue weighted by Gasteiger charge is -2.32. The molecule has 168 valence electrons. The zero-order valence-electron chi connectivity index (χ0n) is 19.3. The third-order valence-electron chi connectivity index (χ3n) is 6.18. The highest BCUT2D eigenvalue weighted by atomic mass is 16.5. The van der Waals surface area contributed by atoms with Crippen molar-refractivity contribution in [3.8, 4) is 11.4 Å². The monoisotopic (exact) mass is 434 g/mol. The molecule has 0 radical (unpaired) electrons. The quantitative estimate of drug-likeness (QED) is 0.617. The topological polar surface area (TPSA) is 76.5 Å². The van der Waals surface area contributed by atoms with Crippen molar-refractivity contribution in [1.82, 2.24) is 19.8 Å². The highest BCUT2D eigenvalue weighted by Crippen LogP contribution is 2.22. The van der Waals surface area contributed by atoms with E-state index in [1.807, 2.05) is 33.2 Å². The smallest absolute Gasteiger partial charge is 0.265 e. The lowest BCUT2D eigenvalue weighted by Crippen LogP contribution is -2.43. The fraction of sp³-hybridized carbons (Fsp3) is 0.400. The molecule has 4 rings (SSSR count). The number of aromatic nitrogens is 2. The molecule has 0 atom stereocenters. The van der Waals surface area contributed by atoms with E-state index >= 15 is 0 Å². The largest absolute Gasteiger partial charge is 0.492 e. The number of rotatable bonds is 7. The lowest BCUT2D eigenvalue weighted by atomic mass is 10.1. The number of hydrogen-bond acceptors (Lipinski definition) is 5. The molecule has 3 aromatic rings. The van der Waals surface area contributed by atoms with Gasteiger partial charge in [0.15, 0.2) is 0 Å². The third-order valence-corrected chi connectivity index (χ3v) is 6.18. The predicted molar refractivity (Wildman–Crippen MR) is 126 cm³/mol. The highest BCUT2D eigenvalue weighted by Gasteiger charge is 2.24. The Labute approximate surface area is 188 Å². The number of nitrogens with zero attached hydrogens (tertiary/aromatic N) is 3. The first kappa shape index (κ1) is 22.0. The first-order valence-corrected chi connectivity index (χ1v) is 10.9. The zero-order chi connectivity index (χ0) is 23.0. The second-order valence-corrected chi connectivity index (χ2v) is 9.34. The lowest BCUT2D eigenvalue weighted by molar-refractivity contribution is 0.0951. The minimum absolute atomic E-state index is 0.116. The summed E-state index contributed by atoms with van der Waals surface area (Å²) in [7, 11) is 4.02. The van der Waals surface area contributed by atoms with Crippen LogP contribution in [0.1, 0.15) is 42.6 Å². The van der Waals surface area contributed by atoms with Crippen molar-refractivity contribution in [2.75, 3.05) is 20.7 Å². The molecule has 7 nitrogen and oxygen atoms in total. The molecule has 32 heavy (non-hydrogen) atoms. The van der Waals surface area contributed by atoms with E-state index in [1.165, 1.54) is 10.9 Å². The Kier molecular flexibility index (Phi) is 5.77. The van der Waals surface area contributed by atoms with E-state index in [-0.39, 0.29) is 23.0 Å². The predicted octanol–water partition coefficient (Wildman–Crippen LogP) is 3.31. The molecule has 1 aliphatic carbocycles. The van der Waals surface area contributed by atoms with Crippen molar-refractivity contribution in [3.05, 3.63) is 64.2 Å². The molecule has 0 bridgehead atoms. The normalized spacial score (nSPS) is 14.1. The summed E-state index contributed by atoms with van der Waals surface area (Å²) in [5.41, 5.74) is 2.32. The van der Waals surface area contributed by atoms with Gasteiger partial charge in [-0.2, -0.15) is 0 Å². The van der Waals surface area contributed by atoms with E-state index in [9.17, 15) is 9.59 Å². The summed E-state index contributed by atoms with van der Waals surface area (Å²) in [5.74, 6) is 0.507. The van der Waals surface area contributed by atoms with Crippen LogP contribution in [0.4, 0.5) is 0 Å². The molecule has 0 unspecified atom stereocenters. The zero-order valence-corrected chi connectivity index (χ0v) is 19.3. The van der Waals surface area contributed by atoms with Crippen LogP contribution in [0.5, 0.6) is 5.75 Å². The van der Waals surface area contributed by atoms with Gasteiger partial charge >= 0.3 is 0 Å². The van der Waals surface area contributed by atoms with Gasteiger partial charge in [0.2, 0.25) is 0 Å². The summed E-state index contributed by atoms with van der Waals surface area (Å²) in [6, 6.07) is 11.0. The van der Waals surface area contributed by atoms with Crippen LogP contribution < -0.4 is 15.6 Å². The van der Waals surface area contributed by atoms with Crippen LogP contribution in [-0.4, -0.2) is 52.6 Å². The van der Waals surface area contributed by atoms with Crippen LogP contribution in [0.3, 0.4) is 0 Å². The second-order valence-electron chi connectivity index (χ2n) is 9.34. The summed E-state index contributed by atoms with van der Waals surface area (Å²) < 4.78 is 7.49. The number of benzene rings is 2. The van der Waals surface area contributed by atoms with Crippen LogP contribution in [0.2, 0.25) is 0 Å². The minimum Gasteiger partial charge on any atom is -0.492 e. The number of ether oxygens (including phenoxy) is 1. The average Bonchev–Trinajstić information content (AvgIpc) is 3.57. The number of carbonyl (C=O) groups excluding carboxylic acids is 1. The van der Waals surface area contributed by atoms with Crippen molar-refractivity contribution in [1.29, 1.82) is 0 Å². The van der Waals surface area contributed by atoms with Gasteiger partial charge in [-0.05, 0) is 83.6 Å². The Morgan fingerprint density at radius 2 is 1.97 bits per heavy atom. The minimum atomic E-state index is -0.199. The van der Waals surface area contributed by atoms with Gasteiger partial charge in [-0.25, -0.2) is 4.98 Å². The standard InChI is InChI=1S/C25H30N4O3/c1-16-6-7-17(23(30)27-18-8-9-18)12-22(16)29-15-26-21-11-10-19(13-20(21)24(29)31)32-14-25(2,3)28(4)5/h6-7,10-13,15,18H,8-9,14H2,1-5H3,(H,27,30). The Hall–Kier alpha value is -3.19. The van der Waals surface area contributed by atoms with Gasteiger partial charge in [-0.1, -0.05) is 6.07 Å². The van der Waals surface area contributed by atoms with Gasteiger partial charge in [0.1, 0.15) is 18.7 Å². The van der Waals surface area contributed by atoms with Gasteiger partial charge < -0.3 is 15.0 Å². The van der Waals surface area contributed by atoms with Crippen molar-refractivity contribution in [2.45, 2.75) is 45.2 Å². The van der Waals surface area contributed by atoms with E-state index in [0.717, 1.165) is 18.4 Å². The van der Waals surface area contributed by atoms with Crippen molar-refractivity contribution in [3.63, 3.8) is 0 Å². The Morgan fingerprint density at radius 3 is 2.66 bits per heavy atom. The number of likely N-dealkylation sites (N-methyl/N-ethyl adjacent to an activating group) is 1. The maximum absolute atomic E-state index is 13.4. The van der Waals surface area contributed by atoms with Crippen LogP contribution in [0.15, 0.2) is 47.5 Å². The molecule has 0 spiro atoms. The number of aryl methyl sites for hydroxylation is 1. The SMILES string of the molecule is Cc1ccc(C(=O)NC2CC2)cc1-n1cnc2ccc(OCC(C)(C)N(C)C)cc2c1=O. The molecule has 1 heterocycles. The molecule has 1 fully saturated rings. The molecule has 0 aliphatic heterocycles. The van der Waals surface area contributed by atoms with Gasteiger partial charge in [-0.3, -0.25) is 14.2 Å². The molecule has 7 heteroatoms. The number of fused-ring (bicyclic) bond motifs is 1. The van der Waals surface area contributed by atoms with Crippen LogP contribution in [0.25, 0.3) is 16.6 Å². The molecular weight excluding hydrogens is 404 g/mol. The molecular formula is C25H30N4O3. The molecule has 0 saturated heterocycles. The number of carbonyl (C=O) groups is 1. The number of nitrogens with one attached hydrogen (secondary N) is 1. The third kappa shape index (κ3) is 4.53. The second kappa shape index (κ2) is 8.39. The van der Waals surface area contributed by atoms with Gasteiger partial charge in [0.05, 0.1) is 16.6 Å². The van der Waals surface area contributed by atoms with E-state index in [4.69, 9.17) is 4.74 Å². The van der Waals surface area contributed by atoms with Crippen LogP contribution in [-0.2, 0) is 0 Å². The Balaban J connectivity index is 1.68. The van der Waals surface area contributed by atoms with Crippen molar-refractivity contribution >= 4 is 16.8 Å². The summed E-state index contributed by atoms with van der Waals surface area (Å²) in [6.45, 7) is 6.59. The summed E-state index contributed by atoms with van der Waals surface area (Å²) in [4.78, 5) is 32.4. The number of hydrogen-bond donors (Lipinski definition) is 1. The van der Waals surface area contributed by atoms with Gasteiger partial charge in [-0.15, -0.1) is 0 Å². The van der Waals surface area contributed by atoms with E-state index in [1.54, 1.807) is 24.3 Å². The Bertz CT molecular complexity index is 1230. The van der Waals surface area contributed by atoms with E-state index < -0.39 is 0 Å². The number of amides is 1. The maximum Gasteiger partial charge on any atom is 0.265 e.